The Morgan fingerprint density at radius 2 is 2.04 bits per heavy atom. The van der Waals surface area contributed by atoms with Gasteiger partial charge in [-0.15, -0.1) is 0 Å². The monoisotopic (exact) mass is 381 g/mol. The summed E-state index contributed by atoms with van der Waals surface area (Å²) in [6, 6.07) is 11.4. The minimum Gasteiger partial charge on any atom is -0.454 e. The molecule has 0 atom stereocenters. The van der Waals surface area contributed by atoms with Gasteiger partial charge in [0.2, 0.25) is 6.79 Å². The van der Waals surface area contributed by atoms with Crippen molar-refractivity contribution in [3.63, 3.8) is 0 Å². The molecule has 0 saturated carbocycles. The third-order valence-corrected chi connectivity index (χ3v) is 5.01. The standard InChI is InChI=1S/C21H23N3O4/c1-14-22-17-11-16(5-6-18(17)23(14)2)21(25)24(8-9-26-3)12-15-4-7-19-20(10-15)28-13-27-19/h4-7,10-11H,8-9,12-13H2,1-3H3. The van der Waals surface area contributed by atoms with E-state index in [0.29, 0.717) is 31.0 Å². The molecule has 1 aromatic heterocycles. The molecule has 0 radical (unpaired) electrons. The van der Waals surface area contributed by atoms with Crippen molar-refractivity contribution in [2.24, 2.45) is 7.05 Å². The van der Waals surface area contributed by atoms with E-state index in [1.807, 2.05) is 54.9 Å². The molecule has 0 bridgehead atoms. The Bertz CT molecular complexity index is 1030. The van der Waals surface area contributed by atoms with Gasteiger partial charge in [-0.25, -0.2) is 4.98 Å². The fourth-order valence-electron chi connectivity index (χ4n) is 3.35. The third kappa shape index (κ3) is 3.41. The quantitative estimate of drug-likeness (QED) is 0.657. The maximum absolute atomic E-state index is 13.2. The van der Waals surface area contributed by atoms with Crippen molar-refractivity contribution in [2.75, 3.05) is 27.1 Å². The summed E-state index contributed by atoms with van der Waals surface area (Å²) in [5.74, 6) is 2.30. The summed E-state index contributed by atoms with van der Waals surface area (Å²) in [5, 5.41) is 0. The average Bonchev–Trinajstić information content (AvgIpc) is 3.28. The number of nitrogens with zero attached hydrogens (tertiary/aromatic N) is 3. The molecule has 2 aromatic carbocycles. The van der Waals surface area contributed by atoms with Crippen LogP contribution in [0.15, 0.2) is 36.4 Å². The molecule has 4 rings (SSSR count). The number of methoxy groups -OCH3 is 1. The van der Waals surface area contributed by atoms with Crippen molar-refractivity contribution in [2.45, 2.75) is 13.5 Å². The van der Waals surface area contributed by atoms with Crippen LogP contribution < -0.4 is 9.47 Å². The molecule has 3 aromatic rings. The summed E-state index contributed by atoms with van der Waals surface area (Å²) < 4.78 is 18.0. The number of aromatic nitrogens is 2. The number of hydrogen-bond donors (Lipinski definition) is 0. The first-order chi connectivity index (χ1) is 13.6. The molecule has 7 heteroatoms. The van der Waals surface area contributed by atoms with Crippen molar-refractivity contribution < 1.29 is 19.0 Å². The van der Waals surface area contributed by atoms with Crippen LogP contribution in [0.1, 0.15) is 21.7 Å². The lowest BCUT2D eigenvalue weighted by Crippen LogP contribution is -2.33. The van der Waals surface area contributed by atoms with Crippen molar-refractivity contribution in [1.82, 2.24) is 14.5 Å². The van der Waals surface area contributed by atoms with Gasteiger partial charge in [-0.3, -0.25) is 4.79 Å². The minimum atomic E-state index is -0.0556. The Hall–Kier alpha value is -3.06. The number of ether oxygens (including phenoxy) is 3. The third-order valence-electron chi connectivity index (χ3n) is 5.01. The molecule has 0 spiro atoms. The van der Waals surface area contributed by atoms with E-state index in [0.717, 1.165) is 28.2 Å². The molecule has 0 unspecified atom stereocenters. The number of hydrogen-bond acceptors (Lipinski definition) is 5. The molecular formula is C21H23N3O4. The van der Waals surface area contributed by atoms with E-state index in [2.05, 4.69) is 4.98 Å². The van der Waals surface area contributed by atoms with Gasteiger partial charge in [0.25, 0.3) is 5.91 Å². The van der Waals surface area contributed by atoms with Crippen LogP contribution in [0.4, 0.5) is 0 Å². The van der Waals surface area contributed by atoms with Gasteiger partial charge < -0.3 is 23.7 Å². The van der Waals surface area contributed by atoms with Crippen LogP contribution in [0.5, 0.6) is 11.5 Å². The molecule has 0 N–H and O–H groups in total. The number of imidazole rings is 1. The van der Waals surface area contributed by atoms with Crippen LogP contribution in [-0.4, -0.2) is 47.4 Å². The molecule has 1 aliphatic rings. The summed E-state index contributed by atoms with van der Waals surface area (Å²) in [6.45, 7) is 3.59. The van der Waals surface area contributed by atoms with Crippen LogP contribution >= 0.6 is 0 Å². The Balaban J connectivity index is 1.60. The van der Waals surface area contributed by atoms with E-state index < -0.39 is 0 Å². The number of amides is 1. The van der Waals surface area contributed by atoms with Crippen LogP contribution in [0.25, 0.3) is 11.0 Å². The Labute approximate surface area is 163 Å². The SMILES string of the molecule is COCCN(Cc1ccc2c(c1)OCO2)C(=O)c1ccc2c(c1)nc(C)n2C. The Kier molecular flexibility index (Phi) is 4.92. The van der Waals surface area contributed by atoms with Gasteiger partial charge in [-0.05, 0) is 42.8 Å². The fourth-order valence-corrected chi connectivity index (χ4v) is 3.35. The normalized spacial score (nSPS) is 12.5. The first-order valence-electron chi connectivity index (χ1n) is 9.16. The largest absolute Gasteiger partial charge is 0.454 e. The van der Waals surface area contributed by atoms with Gasteiger partial charge in [-0.2, -0.15) is 0 Å². The van der Waals surface area contributed by atoms with Crippen LogP contribution in [0.2, 0.25) is 0 Å². The second-order valence-corrected chi connectivity index (χ2v) is 6.83. The zero-order valence-corrected chi connectivity index (χ0v) is 16.3. The van der Waals surface area contributed by atoms with Gasteiger partial charge in [0, 0.05) is 32.8 Å². The van der Waals surface area contributed by atoms with Crippen molar-refractivity contribution in [3.05, 3.63) is 53.3 Å². The zero-order valence-electron chi connectivity index (χ0n) is 16.3. The second kappa shape index (κ2) is 7.52. The maximum Gasteiger partial charge on any atom is 0.254 e. The molecule has 0 saturated heterocycles. The molecule has 1 aliphatic heterocycles. The number of carbonyl (C=O) groups is 1. The summed E-state index contributed by atoms with van der Waals surface area (Å²) in [4.78, 5) is 19.5. The lowest BCUT2D eigenvalue weighted by atomic mass is 10.1. The number of benzene rings is 2. The van der Waals surface area contributed by atoms with Gasteiger partial charge in [-0.1, -0.05) is 6.07 Å². The first kappa shape index (κ1) is 18.3. The van der Waals surface area contributed by atoms with Crippen molar-refractivity contribution in [3.8, 4) is 11.5 Å². The van der Waals surface area contributed by atoms with Gasteiger partial charge in [0.1, 0.15) is 5.82 Å². The molecule has 146 valence electrons. The number of carbonyl (C=O) groups excluding carboxylic acids is 1. The van der Waals surface area contributed by atoms with E-state index in [1.54, 1.807) is 12.0 Å². The highest BCUT2D eigenvalue weighted by Gasteiger charge is 2.20. The summed E-state index contributed by atoms with van der Waals surface area (Å²) in [6.07, 6.45) is 0. The van der Waals surface area contributed by atoms with Crippen LogP contribution in [0, 0.1) is 6.92 Å². The van der Waals surface area contributed by atoms with E-state index in [4.69, 9.17) is 14.2 Å². The topological polar surface area (TPSA) is 65.8 Å². The summed E-state index contributed by atoms with van der Waals surface area (Å²) in [5.41, 5.74) is 3.42. The first-order valence-corrected chi connectivity index (χ1v) is 9.16. The molecule has 1 amide bonds. The van der Waals surface area contributed by atoms with E-state index >= 15 is 0 Å². The highest BCUT2D eigenvalue weighted by atomic mass is 16.7. The van der Waals surface area contributed by atoms with Gasteiger partial charge in [0.05, 0.1) is 17.6 Å². The van der Waals surface area contributed by atoms with Crippen molar-refractivity contribution >= 4 is 16.9 Å². The highest BCUT2D eigenvalue weighted by molar-refractivity contribution is 5.97. The van der Waals surface area contributed by atoms with Crippen LogP contribution in [0.3, 0.4) is 0 Å². The molecule has 2 heterocycles. The molecule has 28 heavy (non-hydrogen) atoms. The number of rotatable bonds is 6. The maximum atomic E-state index is 13.2. The number of fused-ring (bicyclic) bond motifs is 2. The van der Waals surface area contributed by atoms with Crippen molar-refractivity contribution in [1.29, 1.82) is 0 Å². The Morgan fingerprint density at radius 3 is 2.86 bits per heavy atom. The summed E-state index contributed by atoms with van der Waals surface area (Å²) >= 11 is 0. The lowest BCUT2D eigenvalue weighted by molar-refractivity contribution is 0.0680. The Morgan fingerprint density at radius 1 is 1.21 bits per heavy atom. The number of aryl methyl sites for hydroxylation is 2. The highest BCUT2D eigenvalue weighted by Crippen LogP contribution is 2.33. The second-order valence-electron chi connectivity index (χ2n) is 6.83. The molecule has 0 aliphatic carbocycles. The van der Waals surface area contributed by atoms with Crippen LogP contribution in [-0.2, 0) is 18.3 Å². The summed E-state index contributed by atoms with van der Waals surface area (Å²) in [7, 11) is 3.60. The molecule has 0 fully saturated rings. The predicted octanol–water partition coefficient (Wildman–Crippen LogP) is 2.90. The minimum absolute atomic E-state index is 0.0556. The van der Waals surface area contributed by atoms with Gasteiger partial charge in [0.15, 0.2) is 11.5 Å². The van der Waals surface area contributed by atoms with E-state index in [-0.39, 0.29) is 12.7 Å². The van der Waals surface area contributed by atoms with Gasteiger partial charge >= 0.3 is 0 Å². The fraction of sp³-hybridized carbons (Fsp3) is 0.333. The zero-order chi connectivity index (χ0) is 19.7. The molecular weight excluding hydrogens is 358 g/mol. The predicted molar refractivity (Wildman–Crippen MR) is 105 cm³/mol. The lowest BCUT2D eigenvalue weighted by Gasteiger charge is -2.23. The smallest absolute Gasteiger partial charge is 0.254 e. The van der Waals surface area contributed by atoms with E-state index in [9.17, 15) is 4.79 Å². The molecule has 7 nitrogen and oxygen atoms in total. The average molecular weight is 381 g/mol. The van der Waals surface area contributed by atoms with E-state index in [1.165, 1.54) is 0 Å².